The Balaban J connectivity index is 3.49. The van der Waals surface area contributed by atoms with E-state index >= 15 is 0 Å². The first-order valence-electron chi connectivity index (χ1n) is 3.31. The van der Waals surface area contributed by atoms with Crippen molar-refractivity contribution in [2.45, 2.75) is 0 Å². The number of benzene rings is 1. The van der Waals surface area contributed by atoms with Gasteiger partial charge in [-0.1, -0.05) is 11.6 Å². The highest BCUT2D eigenvalue weighted by Crippen LogP contribution is 2.35. The molecule has 0 fully saturated rings. The van der Waals surface area contributed by atoms with E-state index in [2.05, 4.69) is 15.9 Å². The molecule has 1 rings (SSSR count). The molecular formula is C7H3BrClNO4. The van der Waals surface area contributed by atoms with Gasteiger partial charge in [0.2, 0.25) is 0 Å². The third kappa shape index (κ3) is 1.85. The summed E-state index contributed by atoms with van der Waals surface area (Å²) in [5.41, 5.74) is -0.729. The molecule has 0 atom stereocenters. The molecule has 1 aromatic carbocycles. The zero-order valence-electron chi connectivity index (χ0n) is 6.53. The van der Waals surface area contributed by atoms with Crippen molar-refractivity contribution in [3.63, 3.8) is 0 Å². The van der Waals surface area contributed by atoms with Crippen molar-refractivity contribution in [1.29, 1.82) is 0 Å². The lowest BCUT2D eigenvalue weighted by Gasteiger charge is -2.01. The lowest BCUT2D eigenvalue weighted by Crippen LogP contribution is -2.00. The zero-order valence-corrected chi connectivity index (χ0v) is 8.87. The molecule has 0 bridgehead atoms. The normalized spacial score (nSPS) is 9.86. The Kier molecular flexibility index (Phi) is 3.07. The molecule has 74 valence electrons. The fourth-order valence-electron chi connectivity index (χ4n) is 0.874. The van der Waals surface area contributed by atoms with Crippen LogP contribution in [0.15, 0.2) is 16.6 Å². The van der Waals surface area contributed by atoms with E-state index in [9.17, 15) is 14.9 Å². The van der Waals surface area contributed by atoms with Crippen LogP contribution in [0.25, 0.3) is 0 Å². The molecule has 0 aliphatic carbocycles. The molecule has 0 saturated heterocycles. The Bertz CT molecular complexity index is 420. The Morgan fingerprint density at radius 2 is 2.14 bits per heavy atom. The molecule has 0 aromatic heterocycles. The second-order valence-electron chi connectivity index (χ2n) is 2.32. The highest BCUT2D eigenvalue weighted by Gasteiger charge is 2.23. The van der Waals surface area contributed by atoms with Crippen LogP contribution < -0.4 is 0 Å². The summed E-state index contributed by atoms with van der Waals surface area (Å²) in [4.78, 5) is 20.4. The van der Waals surface area contributed by atoms with E-state index < -0.39 is 16.6 Å². The summed E-state index contributed by atoms with van der Waals surface area (Å²) in [6.07, 6.45) is 0. The fraction of sp³-hybridized carbons (Fsp3) is 0. The molecule has 1 aromatic rings. The van der Waals surface area contributed by atoms with Crippen molar-refractivity contribution in [3.05, 3.63) is 37.3 Å². The van der Waals surface area contributed by atoms with Gasteiger partial charge in [0.25, 0.3) is 0 Å². The molecule has 0 saturated carbocycles. The van der Waals surface area contributed by atoms with Gasteiger partial charge >= 0.3 is 11.7 Å². The van der Waals surface area contributed by atoms with Crippen LogP contribution >= 0.6 is 27.5 Å². The number of nitrogens with zero attached hydrogens (tertiary/aromatic N) is 1. The number of carbonyl (C=O) groups is 1. The van der Waals surface area contributed by atoms with Crippen LogP contribution in [-0.2, 0) is 0 Å². The molecule has 1 N–H and O–H groups in total. The fourth-order valence-corrected chi connectivity index (χ4v) is 1.78. The van der Waals surface area contributed by atoms with Gasteiger partial charge in [-0.15, -0.1) is 0 Å². The molecule has 0 amide bonds. The highest BCUT2D eigenvalue weighted by molar-refractivity contribution is 9.10. The van der Waals surface area contributed by atoms with Crippen LogP contribution in [0.4, 0.5) is 5.69 Å². The molecule has 0 aliphatic heterocycles. The predicted molar refractivity (Wildman–Crippen MR) is 52.8 cm³/mol. The van der Waals surface area contributed by atoms with Crippen LogP contribution in [-0.4, -0.2) is 16.0 Å². The van der Waals surface area contributed by atoms with Gasteiger partial charge in [-0.3, -0.25) is 10.1 Å². The van der Waals surface area contributed by atoms with Crippen LogP contribution in [0.1, 0.15) is 10.4 Å². The summed E-state index contributed by atoms with van der Waals surface area (Å²) >= 11 is 8.46. The third-order valence-corrected chi connectivity index (χ3v) is 2.50. The molecule has 0 heterocycles. The molecule has 0 spiro atoms. The van der Waals surface area contributed by atoms with Crippen LogP contribution in [0.2, 0.25) is 5.02 Å². The van der Waals surface area contributed by atoms with Gasteiger partial charge < -0.3 is 5.11 Å². The van der Waals surface area contributed by atoms with E-state index in [1.54, 1.807) is 0 Å². The smallest absolute Gasteiger partial charge is 0.337 e. The highest BCUT2D eigenvalue weighted by atomic mass is 79.9. The largest absolute Gasteiger partial charge is 0.478 e. The summed E-state index contributed by atoms with van der Waals surface area (Å²) in [6.45, 7) is 0. The van der Waals surface area contributed by atoms with Gasteiger partial charge in [0.15, 0.2) is 0 Å². The first-order valence-corrected chi connectivity index (χ1v) is 4.48. The van der Waals surface area contributed by atoms with E-state index in [1.807, 2.05) is 0 Å². The predicted octanol–water partition coefficient (Wildman–Crippen LogP) is 2.71. The van der Waals surface area contributed by atoms with Gasteiger partial charge in [-0.05, 0) is 28.1 Å². The third-order valence-electron chi connectivity index (χ3n) is 1.48. The minimum atomic E-state index is -1.30. The van der Waals surface area contributed by atoms with Gasteiger partial charge in [0.05, 0.1) is 15.0 Å². The lowest BCUT2D eigenvalue weighted by molar-refractivity contribution is -0.385. The van der Waals surface area contributed by atoms with Crippen LogP contribution in [0, 0.1) is 10.1 Å². The van der Waals surface area contributed by atoms with Crippen molar-refractivity contribution in [2.24, 2.45) is 0 Å². The summed E-state index contributed by atoms with van der Waals surface area (Å²) in [6, 6.07) is 2.47. The number of halogens is 2. The number of rotatable bonds is 2. The number of hydrogen-bond donors (Lipinski definition) is 1. The summed E-state index contributed by atoms with van der Waals surface area (Å²) < 4.78 is 0.150. The van der Waals surface area contributed by atoms with Crippen molar-refractivity contribution in [3.8, 4) is 0 Å². The van der Waals surface area contributed by atoms with E-state index in [-0.39, 0.29) is 15.1 Å². The number of hydrogen-bond acceptors (Lipinski definition) is 3. The van der Waals surface area contributed by atoms with Gasteiger partial charge in [0.1, 0.15) is 5.02 Å². The van der Waals surface area contributed by atoms with Gasteiger partial charge in [-0.25, -0.2) is 4.79 Å². The minimum absolute atomic E-state index is 0.150. The average molecular weight is 280 g/mol. The van der Waals surface area contributed by atoms with Crippen LogP contribution in [0.3, 0.4) is 0 Å². The number of nitro groups is 1. The zero-order chi connectivity index (χ0) is 10.9. The van der Waals surface area contributed by atoms with Gasteiger partial charge in [0, 0.05) is 0 Å². The standard InChI is InChI=1S/C7H3BrClNO4/c8-4-2-1-3(7(11)12)5(9)6(4)10(13)14/h1-2H,(H,11,12). The molecule has 0 unspecified atom stereocenters. The molecular weight excluding hydrogens is 277 g/mol. The van der Waals surface area contributed by atoms with E-state index in [1.165, 1.54) is 12.1 Å². The minimum Gasteiger partial charge on any atom is -0.478 e. The SMILES string of the molecule is O=C(O)c1ccc(Br)c([N+](=O)[O-])c1Cl. The van der Waals surface area contributed by atoms with Gasteiger partial charge in [-0.2, -0.15) is 0 Å². The Morgan fingerprint density at radius 3 is 2.57 bits per heavy atom. The first-order chi connectivity index (χ1) is 6.45. The quantitative estimate of drug-likeness (QED) is 0.667. The maximum atomic E-state index is 10.6. The summed E-state index contributed by atoms with van der Waals surface area (Å²) in [5, 5.41) is 18.8. The van der Waals surface area contributed by atoms with E-state index in [4.69, 9.17) is 16.7 Å². The first kappa shape index (κ1) is 10.9. The van der Waals surface area contributed by atoms with Crippen molar-refractivity contribution < 1.29 is 14.8 Å². The second-order valence-corrected chi connectivity index (χ2v) is 3.55. The van der Waals surface area contributed by atoms with E-state index in [0.717, 1.165) is 0 Å². The second kappa shape index (κ2) is 3.93. The number of aromatic carboxylic acids is 1. The summed E-state index contributed by atoms with van der Waals surface area (Å²) in [7, 11) is 0. The maximum Gasteiger partial charge on any atom is 0.337 e. The molecule has 14 heavy (non-hydrogen) atoms. The maximum absolute atomic E-state index is 10.6. The van der Waals surface area contributed by atoms with Crippen LogP contribution in [0.5, 0.6) is 0 Å². The number of carboxylic acid groups (broad SMARTS) is 1. The number of carboxylic acids is 1. The van der Waals surface area contributed by atoms with Crippen molar-refractivity contribution >= 4 is 39.2 Å². The van der Waals surface area contributed by atoms with E-state index in [0.29, 0.717) is 0 Å². The van der Waals surface area contributed by atoms with Crippen molar-refractivity contribution in [1.82, 2.24) is 0 Å². The molecule has 5 nitrogen and oxygen atoms in total. The molecule has 0 radical (unpaired) electrons. The topological polar surface area (TPSA) is 80.4 Å². The van der Waals surface area contributed by atoms with Crippen molar-refractivity contribution in [2.75, 3.05) is 0 Å². The lowest BCUT2D eigenvalue weighted by atomic mass is 10.2. The Labute approximate surface area is 91.6 Å². The monoisotopic (exact) mass is 279 g/mol. The molecule has 0 aliphatic rings. The summed E-state index contributed by atoms with van der Waals surface area (Å²) in [5.74, 6) is -1.30. The average Bonchev–Trinajstić information content (AvgIpc) is 2.02. The Hall–Kier alpha value is -1.14. The molecule has 7 heteroatoms. The Morgan fingerprint density at radius 1 is 1.57 bits per heavy atom. The number of nitro benzene ring substituents is 1.